The second-order valence-electron chi connectivity index (χ2n) is 11.2. The molecule has 4 rings (SSSR count). The molecule has 29 heavy (non-hydrogen) atoms. The quantitative estimate of drug-likeness (QED) is 0.434. The molecule has 4 aliphatic carbocycles. The van der Waals surface area contributed by atoms with E-state index in [4.69, 9.17) is 10.5 Å². The van der Waals surface area contributed by atoms with Crippen molar-refractivity contribution in [3.05, 3.63) is 11.6 Å². The maximum absolute atomic E-state index is 10.5. The molecule has 3 nitrogen and oxygen atoms in total. The van der Waals surface area contributed by atoms with Gasteiger partial charge < -0.3 is 15.6 Å². The Hall–Kier alpha value is -0.380. The van der Waals surface area contributed by atoms with Crippen molar-refractivity contribution in [2.45, 2.75) is 118 Å². The molecule has 3 heteroatoms. The Labute approximate surface area is 179 Å². The van der Waals surface area contributed by atoms with E-state index in [0.29, 0.717) is 40.5 Å². The van der Waals surface area contributed by atoms with Crippen molar-refractivity contribution in [1.29, 1.82) is 0 Å². The predicted octanol–water partition coefficient (Wildman–Crippen LogP) is 6.05. The van der Waals surface area contributed by atoms with E-state index in [-0.39, 0.29) is 6.10 Å². The van der Waals surface area contributed by atoms with Gasteiger partial charge in [-0.3, -0.25) is 0 Å². The first-order valence-electron chi connectivity index (χ1n) is 12.4. The highest BCUT2D eigenvalue weighted by molar-refractivity contribution is 5.24. The van der Waals surface area contributed by atoms with Gasteiger partial charge in [-0.2, -0.15) is 0 Å². The Morgan fingerprint density at radius 3 is 2.38 bits per heavy atom. The third-order valence-electron chi connectivity index (χ3n) is 9.34. The van der Waals surface area contributed by atoms with Crippen LogP contribution in [-0.2, 0) is 4.74 Å². The largest absolute Gasteiger partial charge is 0.366 e. The monoisotopic (exact) mass is 405 g/mol. The zero-order chi connectivity index (χ0) is 21.6. The lowest BCUT2D eigenvalue weighted by atomic mass is 9.44. The molecule has 4 saturated carbocycles. The van der Waals surface area contributed by atoms with Gasteiger partial charge in [0.15, 0.2) is 5.79 Å². The van der Waals surface area contributed by atoms with E-state index >= 15 is 0 Å². The number of aliphatic hydroxyl groups is 1. The molecule has 0 aromatic carbocycles. The van der Waals surface area contributed by atoms with Crippen molar-refractivity contribution in [2.75, 3.05) is 0 Å². The summed E-state index contributed by atoms with van der Waals surface area (Å²) >= 11 is 0. The molecule has 0 amide bonds. The highest BCUT2D eigenvalue weighted by atomic mass is 16.6. The highest BCUT2D eigenvalue weighted by Crippen LogP contribution is 2.67. The van der Waals surface area contributed by atoms with Crippen molar-refractivity contribution in [1.82, 2.24) is 0 Å². The molecular weight excluding hydrogens is 358 g/mol. The molecule has 0 saturated heterocycles. The van der Waals surface area contributed by atoms with Crippen LogP contribution in [0.3, 0.4) is 0 Å². The molecule has 0 aliphatic heterocycles. The number of fused-ring (bicyclic) bond motifs is 5. The first-order valence-corrected chi connectivity index (χ1v) is 12.4. The molecule has 8 atom stereocenters. The van der Waals surface area contributed by atoms with E-state index in [9.17, 15) is 5.11 Å². The van der Waals surface area contributed by atoms with Crippen LogP contribution >= 0.6 is 0 Å². The van der Waals surface area contributed by atoms with Crippen molar-refractivity contribution >= 4 is 0 Å². The van der Waals surface area contributed by atoms with Gasteiger partial charge in [-0.1, -0.05) is 39.3 Å². The van der Waals surface area contributed by atoms with Gasteiger partial charge in [-0.05, 0) is 107 Å². The van der Waals surface area contributed by atoms with Gasteiger partial charge in [0.1, 0.15) is 0 Å². The molecule has 8 unspecified atom stereocenters. The fourth-order valence-corrected chi connectivity index (χ4v) is 8.05. The van der Waals surface area contributed by atoms with E-state index in [1.165, 1.54) is 38.5 Å². The maximum atomic E-state index is 10.5. The van der Waals surface area contributed by atoms with Crippen LogP contribution in [0, 0.1) is 34.5 Å². The number of nitrogens with two attached hydrogens (primary N) is 1. The zero-order valence-electron chi connectivity index (χ0n) is 20.1. The summed E-state index contributed by atoms with van der Waals surface area (Å²) in [6.07, 6.45) is 12.4. The van der Waals surface area contributed by atoms with Crippen LogP contribution in [0.4, 0.5) is 0 Å². The second kappa shape index (κ2) is 8.28. The molecule has 168 valence electrons. The van der Waals surface area contributed by atoms with Crippen molar-refractivity contribution in [3.8, 4) is 0 Å². The molecule has 0 radical (unpaired) electrons. The SMILES string of the molecule is C/C=C1\CCC2C3C(OC(C)(C)O)CC4CC(N)CCC4(C)C3CCC12C.CC. The summed E-state index contributed by atoms with van der Waals surface area (Å²) < 4.78 is 6.39. The van der Waals surface area contributed by atoms with E-state index in [1.807, 2.05) is 13.8 Å². The van der Waals surface area contributed by atoms with Gasteiger partial charge in [0.2, 0.25) is 0 Å². The number of ether oxygens (including phenoxy) is 1. The first-order chi connectivity index (χ1) is 13.6. The van der Waals surface area contributed by atoms with E-state index in [1.54, 1.807) is 19.4 Å². The summed E-state index contributed by atoms with van der Waals surface area (Å²) in [4.78, 5) is 0. The number of rotatable bonds is 2. The van der Waals surface area contributed by atoms with Crippen LogP contribution < -0.4 is 5.73 Å². The minimum Gasteiger partial charge on any atom is -0.366 e. The smallest absolute Gasteiger partial charge is 0.160 e. The normalized spacial score (nSPS) is 48.2. The minimum atomic E-state index is -1.06. The van der Waals surface area contributed by atoms with Crippen molar-refractivity contribution in [3.63, 3.8) is 0 Å². The maximum Gasteiger partial charge on any atom is 0.160 e. The summed E-state index contributed by atoms with van der Waals surface area (Å²) in [5.74, 6) is 1.56. The van der Waals surface area contributed by atoms with Gasteiger partial charge in [-0.25, -0.2) is 0 Å². The van der Waals surface area contributed by atoms with E-state index in [2.05, 4.69) is 26.8 Å². The average Bonchev–Trinajstić information content (AvgIpc) is 3.00. The van der Waals surface area contributed by atoms with Crippen molar-refractivity contribution < 1.29 is 9.84 Å². The molecule has 4 fully saturated rings. The summed E-state index contributed by atoms with van der Waals surface area (Å²) in [6, 6.07) is 0.345. The lowest BCUT2D eigenvalue weighted by Crippen LogP contribution is -2.60. The van der Waals surface area contributed by atoms with Gasteiger partial charge >= 0.3 is 0 Å². The fourth-order valence-electron chi connectivity index (χ4n) is 8.05. The fraction of sp³-hybridized carbons (Fsp3) is 0.923. The van der Waals surface area contributed by atoms with Crippen LogP contribution in [0.1, 0.15) is 99.8 Å². The van der Waals surface area contributed by atoms with Gasteiger partial charge in [0, 0.05) is 6.04 Å². The number of allylic oxidation sites excluding steroid dienone is 2. The van der Waals surface area contributed by atoms with Crippen LogP contribution in [0.25, 0.3) is 0 Å². The molecular formula is C26H47NO2. The average molecular weight is 406 g/mol. The van der Waals surface area contributed by atoms with Crippen LogP contribution in [0.5, 0.6) is 0 Å². The highest BCUT2D eigenvalue weighted by Gasteiger charge is 2.62. The number of hydrogen-bond donors (Lipinski definition) is 2. The van der Waals surface area contributed by atoms with Gasteiger partial charge in [0.25, 0.3) is 0 Å². The van der Waals surface area contributed by atoms with Gasteiger partial charge in [0.05, 0.1) is 6.10 Å². The summed E-state index contributed by atoms with van der Waals surface area (Å²) in [7, 11) is 0. The standard InChI is InChI=1S/C24H41NO2.C2H6/c1-6-15-7-8-18-21-19(10-12-23(15,18)4)24(5)11-9-17(25)13-16(24)14-20(21)27-22(2,3)26;1-2/h6,16-21,26H,7-14,25H2,1-5H3;1-2H3/b15-6+;. The van der Waals surface area contributed by atoms with Gasteiger partial charge in [-0.15, -0.1) is 0 Å². The summed E-state index contributed by atoms with van der Waals surface area (Å²) in [6.45, 7) is 14.9. The predicted molar refractivity (Wildman–Crippen MR) is 121 cm³/mol. The Kier molecular flexibility index (Phi) is 6.65. The van der Waals surface area contributed by atoms with Crippen LogP contribution in [-0.4, -0.2) is 23.0 Å². The summed E-state index contributed by atoms with van der Waals surface area (Å²) in [5, 5.41) is 10.5. The molecule has 0 bridgehead atoms. The van der Waals surface area contributed by atoms with Crippen molar-refractivity contribution in [2.24, 2.45) is 40.2 Å². The van der Waals surface area contributed by atoms with Crippen LogP contribution in [0.2, 0.25) is 0 Å². The Bertz CT molecular complexity index is 608. The molecule has 0 aromatic rings. The summed E-state index contributed by atoms with van der Waals surface area (Å²) in [5.41, 5.74) is 8.80. The second-order valence-corrected chi connectivity index (χ2v) is 11.2. The Morgan fingerprint density at radius 1 is 1.07 bits per heavy atom. The first kappa shape index (κ1) is 23.3. The lowest BCUT2D eigenvalue weighted by molar-refractivity contribution is -0.261. The Morgan fingerprint density at radius 2 is 1.76 bits per heavy atom. The molecule has 0 heterocycles. The third kappa shape index (κ3) is 3.96. The lowest BCUT2D eigenvalue weighted by Gasteiger charge is -2.63. The third-order valence-corrected chi connectivity index (χ3v) is 9.34. The topological polar surface area (TPSA) is 55.5 Å². The Balaban J connectivity index is 0.00000117. The molecule has 4 aliphatic rings. The van der Waals surface area contributed by atoms with Crippen LogP contribution in [0.15, 0.2) is 11.6 Å². The molecule has 0 aromatic heterocycles. The minimum absolute atomic E-state index is 0.166. The molecule has 0 spiro atoms. The van der Waals surface area contributed by atoms with E-state index in [0.717, 1.165) is 12.8 Å². The van der Waals surface area contributed by atoms with E-state index < -0.39 is 5.79 Å². The molecule has 3 N–H and O–H groups in total. The number of hydrogen-bond acceptors (Lipinski definition) is 3. The zero-order valence-corrected chi connectivity index (χ0v) is 20.1.